The van der Waals surface area contributed by atoms with E-state index in [1.807, 2.05) is 0 Å². The van der Waals surface area contributed by atoms with Crippen LogP contribution in [-0.4, -0.2) is 96.7 Å². The first kappa shape index (κ1) is 88.1. The molecule has 5 atom stereocenters. The molecule has 0 bridgehead atoms. The molecule has 0 aliphatic rings. The molecule has 0 saturated carbocycles. The van der Waals surface area contributed by atoms with Crippen LogP contribution in [0.4, 0.5) is 0 Å². The molecule has 0 aliphatic heterocycles. The summed E-state index contributed by atoms with van der Waals surface area (Å²) in [6.45, 7) is 7.19. The van der Waals surface area contributed by atoms with Gasteiger partial charge in [0.15, 0.2) is 12.2 Å². The Morgan fingerprint density at radius 2 is 0.511 bits per heavy atom. The van der Waals surface area contributed by atoms with Gasteiger partial charge in [0.25, 0.3) is 0 Å². The number of aliphatic hydroxyl groups is 1. The summed E-state index contributed by atoms with van der Waals surface area (Å²) in [5.74, 6) is -1.33. The number of rotatable bonds is 71. The number of phosphoric acid groups is 2. The van der Waals surface area contributed by atoms with Gasteiger partial charge in [-0.15, -0.1) is 0 Å². The Morgan fingerprint density at radius 1 is 0.300 bits per heavy atom. The number of hydrogen-bond donors (Lipinski definition) is 3. The van der Waals surface area contributed by atoms with Crippen LogP contribution in [0.2, 0.25) is 0 Å². The van der Waals surface area contributed by atoms with E-state index >= 15 is 0 Å². The molecule has 0 aromatic carbocycles. The predicted molar refractivity (Wildman–Crippen MR) is 363 cm³/mol. The Hall–Kier alpha value is -1.94. The molecule has 0 aromatic heterocycles. The van der Waals surface area contributed by atoms with Crippen molar-refractivity contribution in [3.05, 3.63) is 0 Å². The summed E-state index contributed by atoms with van der Waals surface area (Å²) in [6, 6.07) is 0. The summed E-state index contributed by atoms with van der Waals surface area (Å²) in [6.07, 6.45) is 51.7. The lowest BCUT2D eigenvalue weighted by Crippen LogP contribution is -2.30. The Kier molecular flexibility index (Phi) is 63.0. The summed E-state index contributed by atoms with van der Waals surface area (Å²) in [5, 5.41) is 10.6. The van der Waals surface area contributed by atoms with Crippen molar-refractivity contribution in [1.82, 2.24) is 0 Å². The first-order chi connectivity index (χ1) is 43.5. The van der Waals surface area contributed by atoms with Crippen LogP contribution in [0.1, 0.15) is 369 Å². The fourth-order valence-corrected chi connectivity index (χ4v) is 12.4. The van der Waals surface area contributed by atoms with Crippen molar-refractivity contribution in [2.24, 2.45) is 5.92 Å². The molecule has 0 rings (SSSR count). The predicted octanol–water partition coefficient (Wildman–Crippen LogP) is 20.5. The van der Waals surface area contributed by atoms with Gasteiger partial charge in [0.05, 0.1) is 26.4 Å². The van der Waals surface area contributed by atoms with Crippen molar-refractivity contribution in [3.8, 4) is 0 Å². The number of carbonyl (C=O) groups excluding carboxylic acids is 4. The van der Waals surface area contributed by atoms with Crippen LogP contribution in [0.3, 0.4) is 0 Å². The van der Waals surface area contributed by atoms with Gasteiger partial charge >= 0.3 is 39.5 Å². The van der Waals surface area contributed by atoms with Crippen LogP contribution in [0, 0.1) is 5.92 Å². The van der Waals surface area contributed by atoms with E-state index < -0.39 is 97.5 Å². The molecule has 0 saturated heterocycles. The maximum atomic E-state index is 13.0. The van der Waals surface area contributed by atoms with Gasteiger partial charge in [-0.1, -0.05) is 317 Å². The van der Waals surface area contributed by atoms with Crippen molar-refractivity contribution in [3.63, 3.8) is 0 Å². The first-order valence-electron chi connectivity index (χ1n) is 37.1. The summed E-state index contributed by atoms with van der Waals surface area (Å²) in [7, 11) is -9.89. The molecule has 0 radical (unpaired) electrons. The Morgan fingerprint density at radius 3 is 0.756 bits per heavy atom. The van der Waals surface area contributed by atoms with Crippen LogP contribution in [0.15, 0.2) is 0 Å². The van der Waals surface area contributed by atoms with Crippen molar-refractivity contribution < 1.29 is 80.2 Å². The van der Waals surface area contributed by atoms with Gasteiger partial charge < -0.3 is 33.8 Å². The second-order valence-corrected chi connectivity index (χ2v) is 29.0. The van der Waals surface area contributed by atoms with Gasteiger partial charge in [-0.05, 0) is 31.6 Å². The van der Waals surface area contributed by atoms with Gasteiger partial charge in [-0.25, -0.2) is 9.13 Å². The maximum absolute atomic E-state index is 13.0. The molecule has 0 amide bonds. The number of hydrogen-bond acceptors (Lipinski definition) is 15. The van der Waals surface area contributed by atoms with Gasteiger partial charge in [0.1, 0.15) is 19.3 Å². The van der Waals surface area contributed by atoms with Crippen LogP contribution >= 0.6 is 15.6 Å². The topological polar surface area (TPSA) is 237 Å². The molecule has 0 spiro atoms. The number of aliphatic hydroxyl groups excluding tert-OH is 1. The number of carbonyl (C=O) groups is 4. The minimum Gasteiger partial charge on any atom is -0.462 e. The average Bonchev–Trinajstić information content (AvgIpc) is 3.73. The quantitative estimate of drug-likeness (QED) is 0.0222. The van der Waals surface area contributed by atoms with Crippen molar-refractivity contribution in [2.45, 2.75) is 387 Å². The number of esters is 4. The third kappa shape index (κ3) is 64.8. The Balaban J connectivity index is 5.13. The zero-order chi connectivity index (χ0) is 66.3. The molecule has 3 N–H and O–H groups in total. The van der Waals surface area contributed by atoms with E-state index in [0.717, 1.165) is 121 Å². The Bertz CT molecular complexity index is 1740. The van der Waals surface area contributed by atoms with Crippen LogP contribution in [0.25, 0.3) is 0 Å². The molecule has 17 nitrogen and oxygen atoms in total. The maximum Gasteiger partial charge on any atom is 0.472 e. The summed E-state index contributed by atoms with van der Waals surface area (Å²) in [4.78, 5) is 72.3. The van der Waals surface area contributed by atoms with Gasteiger partial charge in [0, 0.05) is 25.7 Å². The number of phosphoric ester groups is 2. The van der Waals surface area contributed by atoms with E-state index in [-0.39, 0.29) is 25.7 Å². The van der Waals surface area contributed by atoms with E-state index in [2.05, 4.69) is 34.6 Å². The fourth-order valence-electron chi connectivity index (χ4n) is 10.8. The average molecular weight is 1330 g/mol. The molecule has 19 heteroatoms. The lowest BCUT2D eigenvalue weighted by atomic mass is 10.0. The largest absolute Gasteiger partial charge is 0.472 e. The third-order valence-electron chi connectivity index (χ3n) is 16.5. The minimum atomic E-state index is -4.95. The summed E-state index contributed by atoms with van der Waals surface area (Å²) >= 11 is 0. The standard InChI is InChI=1S/C71H138O17P2/c1-6-9-12-15-18-19-20-21-22-23-24-27-30-33-36-41-45-50-55-69(74)82-61-67(88-71(76)57-52-47-42-37-34-31-28-25-26-29-32-35-40-43-48-53-64(4)5)63-86-90(79,80)84-59-65(72)58-83-89(77,78)85-62-66(87-70(75)56-51-46-39-17-14-11-8-3)60-81-68(73)54-49-44-38-16-13-10-7-2/h64-67,72H,6-63H2,1-5H3,(H,77,78)(H,79,80)/t65-,66+,67+/m0/s1. The van der Waals surface area contributed by atoms with Crippen LogP contribution < -0.4 is 0 Å². The fraction of sp³-hybridized carbons (Fsp3) is 0.944. The molecule has 0 aromatic rings. The van der Waals surface area contributed by atoms with E-state index in [4.69, 9.17) is 37.0 Å². The summed E-state index contributed by atoms with van der Waals surface area (Å²) < 4.78 is 68.1. The van der Waals surface area contributed by atoms with Crippen LogP contribution in [0.5, 0.6) is 0 Å². The molecule has 90 heavy (non-hydrogen) atoms. The van der Waals surface area contributed by atoms with Gasteiger partial charge in [-0.2, -0.15) is 0 Å². The lowest BCUT2D eigenvalue weighted by molar-refractivity contribution is -0.161. The number of unbranched alkanes of at least 4 members (excludes halogenated alkanes) is 43. The smallest absolute Gasteiger partial charge is 0.462 e. The molecule has 0 heterocycles. The highest BCUT2D eigenvalue weighted by molar-refractivity contribution is 7.47. The molecular weight excluding hydrogens is 1190 g/mol. The summed E-state index contributed by atoms with van der Waals surface area (Å²) in [5.41, 5.74) is 0. The molecule has 0 fully saturated rings. The van der Waals surface area contributed by atoms with Gasteiger partial charge in [-0.3, -0.25) is 37.3 Å². The van der Waals surface area contributed by atoms with Crippen LogP contribution in [-0.2, 0) is 65.4 Å². The number of ether oxygens (including phenoxy) is 4. The van der Waals surface area contributed by atoms with Gasteiger partial charge in [0.2, 0.25) is 0 Å². The zero-order valence-electron chi connectivity index (χ0n) is 58.3. The molecule has 534 valence electrons. The van der Waals surface area contributed by atoms with E-state index in [9.17, 15) is 43.2 Å². The van der Waals surface area contributed by atoms with E-state index in [1.54, 1.807) is 0 Å². The second-order valence-electron chi connectivity index (χ2n) is 26.1. The highest BCUT2D eigenvalue weighted by Gasteiger charge is 2.30. The molecular formula is C71H138O17P2. The van der Waals surface area contributed by atoms with Crippen molar-refractivity contribution in [1.29, 1.82) is 0 Å². The highest BCUT2D eigenvalue weighted by Crippen LogP contribution is 2.45. The van der Waals surface area contributed by atoms with E-state index in [1.165, 1.54) is 167 Å². The second kappa shape index (κ2) is 64.4. The highest BCUT2D eigenvalue weighted by atomic mass is 31.2. The monoisotopic (exact) mass is 1320 g/mol. The van der Waals surface area contributed by atoms with Crippen molar-refractivity contribution in [2.75, 3.05) is 39.6 Å². The van der Waals surface area contributed by atoms with E-state index in [0.29, 0.717) is 25.7 Å². The lowest BCUT2D eigenvalue weighted by Gasteiger charge is -2.21. The normalized spacial score (nSPS) is 14.1. The SMILES string of the molecule is CCCCCCCCCCCCCCCCCCCCC(=O)OC[C@H](COP(=O)(O)OC[C@@H](O)COP(=O)(O)OC[C@@H](COC(=O)CCCCCCCCC)OC(=O)CCCCCCCCC)OC(=O)CCCCCCCCCCCCCCCCCC(C)C. The molecule has 2 unspecified atom stereocenters. The first-order valence-corrected chi connectivity index (χ1v) is 40.1. The minimum absolute atomic E-state index is 0.104. The third-order valence-corrected chi connectivity index (χ3v) is 18.4. The van der Waals surface area contributed by atoms with Crippen molar-refractivity contribution >= 4 is 39.5 Å². The Labute approximate surface area is 549 Å². The molecule has 0 aliphatic carbocycles. The zero-order valence-corrected chi connectivity index (χ0v) is 60.1.